The molecule has 0 aromatic heterocycles. The fourth-order valence-electron chi connectivity index (χ4n) is 6.04. The summed E-state index contributed by atoms with van der Waals surface area (Å²) in [6, 6.07) is 21.1. The lowest BCUT2D eigenvalue weighted by Gasteiger charge is -2.14. The normalized spacial score (nSPS) is 10.1. The van der Waals surface area contributed by atoms with Gasteiger partial charge in [0.1, 0.15) is 0 Å². The van der Waals surface area contributed by atoms with Crippen LogP contribution in [0.15, 0.2) is 141 Å². The van der Waals surface area contributed by atoms with Gasteiger partial charge in [-0.2, -0.15) is 0 Å². The topological polar surface area (TPSA) is 0 Å². The number of benzene rings is 6. The van der Waals surface area contributed by atoms with Crippen LogP contribution in [0.3, 0.4) is 0 Å². The molecule has 6 aromatic rings. The van der Waals surface area contributed by atoms with Gasteiger partial charge in [-0.25, -0.2) is 0 Å². The van der Waals surface area contributed by atoms with Crippen LogP contribution >= 0.6 is 287 Å². The Morgan fingerprint density at radius 3 is 0.479 bits per heavy atom. The third-order valence-corrected chi connectivity index (χ3v) is 31.4. The maximum absolute atomic E-state index is 3.62. The highest BCUT2D eigenvalue weighted by molar-refractivity contribution is 9.17. The van der Waals surface area contributed by atoms with Crippen molar-refractivity contribution in [1.29, 1.82) is 0 Å². The summed E-state index contributed by atoms with van der Waals surface area (Å²) in [6.45, 7) is 20.8. The van der Waals surface area contributed by atoms with Crippen molar-refractivity contribution in [1.82, 2.24) is 0 Å². The van der Waals surface area contributed by atoms with Crippen LogP contribution in [-0.2, 0) is 44.9 Å². The summed E-state index contributed by atoms with van der Waals surface area (Å²) in [7, 11) is 0. The first kappa shape index (κ1) is 75.0. The van der Waals surface area contributed by atoms with Gasteiger partial charge >= 0.3 is 0 Å². The highest BCUT2D eigenvalue weighted by Crippen LogP contribution is 2.47. The van der Waals surface area contributed by atoms with Gasteiger partial charge in [-0.05, 0) is 376 Å². The molecular weight excluding hydrogens is 2070 g/mol. The van der Waals surface area contributed by atoms with Crippen molar-refractivity contribution in [2.24, 2.45) is 0 Å². The van der Waals surface area contributed by atoms with Crippen molar-refractivity contribution in [2.45, 2.75) is 114 Å². The van der Waals surface area contributed by atoms with E-state index in [1.165, 1.54) is 44.5 Å². The highest BCUT2D eigenvalue weighted by Gasteiger charge is 2.19. The molecule has 0 saturated carbocycles. The average molecular weight is 2130 g/mol. The van der Waals surface area contributed by atoms with Gasteiger partial charge in [0.25, 0.3) is 0 Å². The molecule has 0 saturated heterocycles. The highest BCUT2D eigenvalue weighted by atomic mass is 79.9. The first-order valence-corrected chi connectivity index (χ1v) is 36.6. The third-order valence-electron chi connectivity index (χ3n) is 9.71. The Labute approximate surface area is 577 Å². The van der Waals surface area contributed by atoms with Crippen LogP contribution in [0.5, 0.6) is 0 Å². The smallest absolute Gasteiger partial charge is 0.0482 e. The first-order chi connectivity index (χ1) is 33.5. The zero-order chi connectivity index (χ0) is 55.0. The first-order valence-electron chi connectivity index (χ1n) is 22.3. The number of halogens is 18. The quantitative estimate of drug-likeness (QED) is 0.105. The molecule has 0 nitrogen and oxygen atoms in total. The molecule has 6 rings (SSSR count). The molecule has 392 valence electrons. The van der Waals surface area contributed by atoms with Gasteiger partial charge in [-0.1, -0.05) is 130 Å². The predicted molar refractivity (Wildman–Crippen MR) is 379 cm³/mol. The van der Waals surface area contributed by atoms with E-state index >= 15 is 0 Å². The largest absolute Gasteiger partial charge is 0.0683 e. The zero-order valence-electron chi connectivity index (χ0n) is 40.5. The van der Waals surface area contributed by atoms with E-state index in [0.717, 1.165) is 125 Å². The van der Waals surface area contributed by atoms with Crippen LogP contribution in [0.2, 0.25) is 0 Å². The van der Waals surface area contributed by atoms with Gasteiger partial charge in [-0.3, -0.25) is 0 Å². The fourth-order valence-corrected chi connectivity index (χ4v) is 20.2. The summed E-state index contributed by atoms with van der Waals surface area (Å²) in [5, 5.41) is 0. The lowest BCUT2D eigenvalue weighted by Crippen LogP contribution is -1.94. The Balaban J connectivity index is 0.000000847. The summed E-state index contributed by atoms with van der Waals surface area (Å²) in [5.74, 6) is 0. The minimum atomic E-state index is 0.978. The molecule has 6 aromatic carbocycles. The Bertz CT molecular complexity index is 2230. The second-order valence-electron chi connectivity index (χ2n) is 13.8. The van der Waals surface area contributed by atoms with Crippen LogP contribution in [-0.4, -0.2) is 0 Å². The summed E-state index contributed by atoms with van der Waals surface area (Å²) in [6.07, 6.45) is 6.99. The third kappa shape index (κ3) is 22.0. The Hall–Kier alpha value is 3.96. The van der Waals surface area contributed by atoms with Crippen molar-refractivity contribution in [2.75, 3.05) is 0 Å². The zero-order valence-corrected chi connectivity index (χ0v) is 69.1. The van der Waals surface area contributed by atoms with Crippen molar-refractivity contribution in [3.8, 4) is 0 Å². The van der Waals surface area contributed by atoms with E-state index in [1.807, 2.05) is 27.7 Å². The fraction of sp³-hybridized carbons (Fsp3) is 0.321. The van der Waals surface area contributed by atoms with Crippen molar-refractivity contribution in [3.63, 3.8) is 0 Å². The maximum atomic E-state index is 3.62. The molecule has 0 amide bonds. The molecule has 0 aliphatic rings. The van der Waals surface area contributed by atoms with Gasteiger partial charge in [0.2, 0.25) is 0 Å². The molecule has 0 bridgehead atoms. The molecule has 0 heterocycles. The van der Waals surface area contributed by atoms with Gasteiger partial charge in [0.15, 0.2) is 0 Å². The standard InChI is InChI=1S/C13H12.2C10H10Br4.2C8H5Br5.2C2H6/c1-3-7-12(8-4-1)11-13-9-5-2-6-10-13;2*1-3-5-7(11)9(13)6(4-2)10(14)8(5)12;2*1-2-3-4(9)6(11)8(13)7(12)5(3)10;2*1-2/h1-10H,11H2;2*3-4H2,1-2H3;2*2H2,1H3;2*1-2H3. The second kappa shape index (κ2) is 40.2. The number of hydrogen-bond donors (Lipinski definition) is 0. The van der Waals surface area contributed by atoms with Crippen molar-refractivity contribution < 1.29 is 0 Å². The lowest BCUT2D eigenvalue weighted by molar-refractivity contribution is 1.05. The second-order valence-corrected chi connectivity index (χ2v) is 28.1. The molecule has 71 heavy (non-hydrogen) atoms. The summed E-state index contributed by atoms with van der Waals surface area (Å²) in [4.78, 5) is 0. The predicted octanol–water partition coefficient (Wildman–Crippen LogP) is 29.2. The van der Waals surface area contributed by atoms with E-state index in [0.29, 0.717) is 0 Å². The van der Waals surface area contributed by atoms with Crippen LogP contribution in [0.4, 0.5) is 0 Å². The van der Waals surface area contributed by atoms with Gasteiger partial charge < -0.3 is 0 Å². The number of hydrogen-bond acceptors (Lipinski definition) is 0. The van der Waals surface area contributed by atoms with Crippen LogP contribution < -0.4 is 0 Å². The summed E-state index contributed by atoms with van der Waals surface area (Å²) >= 11 is 64.2. The van der Waals surface area contributed by atoms with Crippen LogP contribution in [0.1, 0.15) is 114 Å². The molecule has 0 N–H and O–H groups in total. The molecular formula is C53H54Br18. The van der Waals surface area contributed by atoms with Gasteiger partial charge in [-0.15, -0.1) is 0 Å². The molecule has 18 heteroatoms. The molecule has 0 unspecified atom stereocenters. The minimum Gasteiger partial charge on any atom is -0.0683 e. The molecule has 0 radical (unpaired) electrons. The Morgan fingerprint density at radius 2 is 0.338 bits per heavy atom. The van der Waals surface area contributed by atoms with Crippen molar-refractivity contribution >= 4 is 287 Å². The lowest BCUT2D eigenvalue weighted by atomic mass is 10.1. The molecule has 0 aliphatic heterocycles. The molecule has 0 atom stereocenters. The summed E-state index contributed by atoms with van der Waals surface area (Å²) < 4.78 is 19.8. The van der Waals surface area contributed by atoms with Crippen LogP contribution in [0.25, 0.3) is 0 Å². The van der Waals surface area contributed by atoms with E-state index in [4.69, 9.17) is 0 Å². The molecule has 0 spiro atoms. The molecule has 0 aliphatic carbocycles. The van der Waals surface area contributed by atoms with Crippen LogP contribution in [0, 0.1) is 0 Å². The number of rotatable bonds is 8. The van der Waals surface area contributed by atoms with Gasteiger partial charge in [0.05, 0.1) is 0 Å². The minimum absolute atomic E-state index is 0.978. The molecule has 0 fully saturated rings. The van der Waals surface area contributed by atoms with E-state index in [2.05, 4.69) is 389 Å². The monoisotopic (exact) mass is 2110 g/mol. The van der Waals surface area contributed by atoms with E-state index in [1.54, 1.807) is 0 Å². The van der Waals surface area contributed by atoms with E-state index in [9.17, 15) is 0 Å². The van der Waals surface area contributed by atoms with E-state index < -0.39 is 0 Å². The SMILES string of the molecule is CC.CC.CCc1c(Br)c(Br)c(Br)c(Br)c1Br.CCc1c(Br)c(Br)c(Br)c(Br)c1Br.CCc1c(Br)c(Br)c(CC)c(Br)c1Br.CCc1c(Br)c(Br)c(CC)c(Br)c1Br.c1ccc(Cc2ccccc2)cc1. The summed E-state index contributed by atoms with van der Waals surface area (Å²) in [5.41, 5.74) is 10.4. The van der Waals surface area contributed by atoms with Gasteiger partial charge in [0, 0.05) is 80.5 Å². The van der Waals surface area contributed by atoms with E-state index in [-0.39, 0.29) is 0 Å². The Kier molecular flexibility index (Phi) is 42.4. The average Bonchev–Trinajstić information content (AvgIpc) is 3.39. The maximum Gasteiger partial charge on any atom is 0.0482 e. The Morgan fingerprint density at radius 1 is 0.211 bits per heavy atom. The van der Waals surface area contributed by atoms with Crippen molar-refractivity contribution in [3.05, 3.63) is 186 Å².